The molecule has 0 heterocycles. The highest BCUT2D eigenvalue weighted by Gasteiger charge is 2.07. The lowest BCUT2D eigenvalue weighted by molar-refractivity contribution is -0.139. The normalized spacial score (nSPS) is 10.4. The van der Waals surface area contributed by atoms with E-state index in [4.69, 9.17) is 4.74 Å². The maximum Gasteiger partial charge on any atom is 0.333 e. The Labute approximate surface area is 119 Å². The van der Waals surface area contributed by atoms with Crippen molar-refractivity contribution in [3.8, 4) is 0 Å². The molecule has 0 atom stereocenters. The Hall–Kier alpha value is -0.790. The van der Waals surface area contributed by atoms with Gasteiger partial charge in [-0.15, -0.1) is 0 Å². The van der Waals surface area contributed by atoms with E-state index in [0.29, 0.717) is 12.2 Å². The second-order valence-electron chi connectivity index (χ2n) is 5.32. The number of carbonyl (C=O) groups is 1. The Morgan fingerprint density at radius 2 is 1.37 bits per heavy atom. The van der Waals surface area contributed by atoms with Gasteiger partial charge >= 0.3 is 5.97 Å². The third-order valence-electron chi connectivity index (χ3n) is 3.35. The van der Waals surface area contributed by atoms with Crippen molar-refractivity contribution < 1.29 is 9.53 Å². The van der Waals surface area contributed by atoms with E-state index in [1.807, 2.05) is 0 Å². The molecule has 0 aromatic rings. The second kappa shape index (κ2) is 13.6. The molecule has 0 aliphatic rings. The maximum atomic E-state index is 11.5. The van der Waals surface area contributed by atoms with E-state index in [2.05, 4.69) is 20.4 Å². The average Bonchev–Trinajstić information content (AvgIpc) is 2.41. The van der Waals surface area contributed by atoms with Crippen LogP contribution in [0.5, 0.6) is 0 Å². The molecule has 0 saturated carbocycles. The van der Waals surface area contributed by atoms with Gasteiger partial charge in [0.1, 0.15) is 0 Å². The molecule has 0 bridgehead atoms. The van der Waals surface area contributed by atoms with Crippen LogP contribution in [-0.2, 0) is 9.53 Å². The SMILES string of the molecule is C=C(CCCCCCCCCC)C(=O)OCCCC. The Bertz CT molecular complexity index is 233. The predicted molar refractivity (Wildman–Crippen MR) is 82.2 cm³/mol. The predicted octanol–water partition coefficient (Wildman–Crippen LogP) is 5.42. The van der Waals surface area contributed by atoms with Crippen molar-refractivity contribution in [3.63, 3.8) is 0 Å². The number of ether oxygens (including phenoxy) is 1. The van der Waals surface area contributed by atoms with Crippen LogP contribution >= 0.6 is 0 Å². The standard InChI is InChI=1S/C17H32O2/c1-4-6-8-9-10-11-12-13-14-16(3)17(18)19-15-7-5-2/h3-15H2,1-2H3. The van der Waals surface area contributed by atoms with Crippen molar-refractivity contribution in [1.82, 2.24) is 0 Å². The van der Waals surface area contributed by atoms with Crippen LogP contribution in [0.4, 0.5) is 0 Å². The van der Waals surface area contributed by atoms with Crippen molar-refractivity contribution >= 4 is 5.97 Å². The summed E-state index contributed by atoms with van der Waals surface area (Å²) in [6.07, 6.45) is 13.0. The lowest BCUT2D eigenvalue weighted by atomic mass is 10.1. The van der Waals surface area contributed by atoms with Crippen molar-refractivity contribution in [2.24, 2.45) is 0 Å². The molecule has 0 unspecified atom stereocenters. The van der Waals surface area contributed by atoms with E-state index in [1.54, 1.807) is 0 Å². The molecule has 0 aliphatic heterocycles. The summed E-state index contributed by atoms with van der Waals surface area (Å²) in [6, 6.07) is 0. The monoisotopic (exact) mass is 268 g/mol. The van der Waals surface area contributed by atoms with E-state index < -0.39 is 0 Å². The van der Waals surface area contributed by atoms with Gasteiger partial charge in [0.15, 0.2) is 0 Å². The van der Waals surface area contributed by atoms with E-state index >= 15 is 0 Å². The molecular weight excluding hydrogens is 236 g/mol. The molecule has 0 N–H and O–H groups in total. The van der Waals surface area contributed by atoms with Crippen LogP contribution in [-0.4, -0.2) is 12.6 Å². The summed E-state index contributed by atoms with van der Waals surface area (Å²) in [6.45, 7) is 8.68. The van der Waals surface area contributed by atoms with E-state index in [9.17, 15) is 4.79 Å². The molecule has 0 aromatic carbocycles. The van der Waals surface area contributed by atoms with E-state index in [0.717, 1.165) is 25.7 Å². The molecule has 2 heteroatoms. The van der Waals surface area contributed by atoms with Crippen LogP contribution in [0.3, 0.4) is 0 Å². The van der Waals surface area contributed by atoms with Gasteiger partial charge in [-0.1, -0.05) is 71.8 Å². The highest BCUT2D eigenvalue weighted by Crippen LogP contribution is 2.13. The molecule has 0 rings (SSSR count). The minimum atomic E-state index is -0.198. The first-order valence-electron chi connectivity index (χ1n) is 8.07. The molecule has 0 radical (unpaired) electrons. The molecule has 0 aliphatic carbocycles. The molecular formula is C17H32O2. The zero-order valence-electron chi connectivity index (χ0n) is 13.0. The van der Waals surface area contributed by atoms with Crippen LogP contribution in [0.15, 0.2) is 12.2 Å². The van der Waals surface area contributed by atoms with Gasteiger partial charge in [-0.2, -0.15) is 0 Å². The Balaban J connectivity index is 3.35. The van der Waals surface area contributed by atoms with Gasteiger partial charge in [0, 0.05) is 5.57 Å². The van der Waals surface area contributed by atoms with Gasteiger partial charge in [-0.3, -0.25) is 0 Å². The lowest BCUT2D eigenvalue weighted by Gasteiger charge is -2.06. The second-order valence-corrected chi connectivity index (χ2v) is 5.32. The summed E-state index contributed by atoms with van der Waals surface area (Å²) in [5, 5.41) is 0. The van der Waals surface area contributed by atoms with Crippen LogP contribution < -0.4 is 0 Å². The lowest BCUT2D eigenvalue weighted by Crippen LogP contribution is -2.08. The van der Waals surface area contributed by atoms with E-state index in [1.165, 1.54) is 44.9 Å². The quantitative estimate of drug-likeness (QED) is 0.253. The number of esters is 1. The van der Waals surface area contributed by atoms with Crippen LogP contribution in [0.25, 0.3) is 0 Å². The third kappa shape index (κ3) is 12.0. The maximum absolute atomic E-state index is 11.5. The Kier molecular flexibility index (Phi) is 13.1. The van der Waals surface area contributed by atoms with Gasteiger partial charge in [0.2, 0.25) is 0 Å². The van der Waals surface area contributed by atoms with Gasteiger partial charge in [-0.25, -0.2) is 4.79 Å². The summed E-state index contributed by atoms with van der Waals surface area (Å²) >= 11 is 0. The molecule has 112 valence electrons. The highest BCUT2D eigenvalue weighted by atomic mass is 16.5. The summed E-state index contributed by atoms with van der Waals surface area (Å²) in [5.74, 6) is -0.198. The fraction of sp³-hybridized carbons (Fsp3) is 0.824. The molecule has 0 amide bonds. The molecule has 2 nitrogen and oxygen atoms in total. The van der Waals surface area contributed by atoms with Crippen molar-refractivity contribution in [3.05, 3.63) is 12.2 Å². The number of unbranched alkanes of at least 4 members (excludes halogenated alkanes) is 8. The average molecular weight is 268 g/mol. The third-order valence-corrected chi connectivity index (χ3v) is 3.35. The van der Waals surface area contributed by atoms with Crippen LogP contribution in [0.2, 0.25) is 0 Å². The topological polar surface area (TPSA) is 26.3 Å². The largest absolute Gasteiger partial charge is 0.462 e. The molecule has 19 heavy (non-hydrogen) atoms. The fourth-order valence-electron chi connectivity index (χ4n) is 1.99. The minimum absolute atomic E-state index is 0.198. The summed E-state index contributed by atoms with van der Waals surface area (Å²) in [4.78, 5) is 11.5. The summed E-state index contributed by atoms with van der Waals surface area (Å²) < 4.78 is 5.13. The van der Waals surface area contributed by atoms with Crippen molar-refractivity contribution in [2.45, 2.75) is 84.5 Å². The highest BCUT2D eigenvalue weighted by molar-refractivity contribution is 5.87. The summed E-state index contributed by atoms with van der Waals surface area (Å²) in [5.41, 5.74) is 0.641. The van der Waals surface area contributed by atoms with Gasteiger partial charge in [-0.05, 0) is 19.3 Å². The van der Waals surface area contributed by atoms with Crippen molar-refractivity contribution in [2.75, 3.05) is 6.61 Å². The zero-order chi connectivity index (χ0) is 14.3. The van der Waals surface area contributed by atoms with Gasteiger partial charge < -0.3 is 4.74 Å². The fourth-order valence-corrected chi connectivity index (χ4v) is 1.99. The molecule has 0 fully saturated rings. The minimum Gasteiger partial charge on any atom is -0.462 e. The number of hydrogen-bond acceptors (Lipinski definition) is 2. The van der Waals surface area contributed by atoms with Crippen LogP contribution in [0, 0.1) is 0 Å². The first-order valence-corrected chi connectivity index (χ1v) is 8.07. The van der Waals surface area contributed by atoms with Gasteiger partial charge in [0.25, 0.3) is 0 Å². The van der Waals surface area contributed by atoms with Crippen molar-refractivity contribution in [1.29, 1.82) is 0 Å². The van der Waals surface area contributed by atoms with E-state index in [-0.39, 0.29) is 5.97 Å². The van der Waals surface area contributed by atoms with Gasteiger partial charge in [0.05, 0.1) is 6.61 Å². The number of carbonyl (C=O) groups excluding carboxylic acids is 1. The molecule has 0 saturated heterocycles. The molecule has 0 aromatic heterocycles. The smallest absolute Gasteiger partial charge is 0.333 e. The Morgan fingerprint density at radius 1 is 0.842 bits per heavy atom. The Morgan fingerprint density at radius 3 is 1.95 bits per heavy atom. The first kappa shape index (κ1) is 18.2. The summed E-state index contributed by atoms with van der Waals surface area (Å²) in [7, 11) is 0. The number of rotatable bonds is 13. The zero-order valence-corrected chi connectivity index (χ0v) is 13.0. The van der Waals surface area contributed by atoms with Crippen LogP contribution in [0.1, 0.15) is 84.5 Å². The number of hydrogen-bond donors (Lipinski definition) is 0. The first-order chi connectivity index (χ1) is 9.22. The molecule has 0 spiro atoms.